The smallest absolute Gasteiger partial charge is 0.248 e. The number of aryl methyl sites for hydroxylation is 3. The quantitative estimate of drug-likeness (QED) is 0.860. The number of hydrogen-bond acceptors (Lipinski definition) is 1. The van der Waals surface area contributed by atoms with Gasteiger partial charge < -0.3 is 5.73 Å². The molecule has 0 radical (unpaired) electrons. The SMILES string of the molecule is Cc1cc(C)c(C2(CN)CCC(F)(F)CC2)c(C)c1. The van der Waals surface area contributed by atoms with Gasteiger partial charge in [-0.2, -0.15) is 0 Å². The first-order chi connectivity index (χ1) is 8.80. The lowest BCUT2D eigenvalue weighted by molar-refractivity contribution is -0.0510. The van der Waals surface area contributed by atoms with E-state index < -0.39 is 5.92 Å². The van der Waals surface area contributed by atoms with E-state index in [9.17, 15) is 8.78 Å². The maximum Gasteiger partial charge on any atom is 0.248 e. The van der Waals surface area contributed by atoms with Crippen molar-refractivity contribution in [2.75, 3.05) is 6.54 Å². The van der Waals surface area contributed by atoms with Gasteiger partial charge in [0.1, 0.15) is 0 Å². The van der Waals surface area contributed by atoms with Gasteiger partial charge in [0, 0.05) is 24.8 Å². The second-order valence-corrected chi connectivity index (χ2v) is 6.11. The maximum absolute atomic E-state index is 13.4. The molecule has 0 spiro atoms. The molecule has 2 N–H and O–H groups in total. The Morgan fingerprint density at radius 3 is 1.89 bits per heavy atom. The summed E-state index contributed by atoms with van der Waals surface area (Å²) < 4.78 is 26.8. The number of benzene rings is 1. The molecule has 0 amide bonds. The summed E-state index contributed by atoms with van der Waals surface area (Å²) in [5, 5.41) is 0. The summed E-state index contributed by atoms with van der Waals surface area (Å²) in [4.78, 5) is 0. The average Bonchev–Trinajstić information content (AvgIpc) is 2.30. The number of nitrogens with two attached hydrogens (primary N) is 1. The van der Waals surface area contributed by atoms with Gasteiger partial charge in [-0.25, -0.2) is 8.78 Å². The molecular formula is C16H23F2N. The van der Waals surface area contributed by atoms with Crippen LogP contribution in [-0.4, -0.2) is 12.5 Å². The zero-order valence-corrected chi connectivity index (χ0v) is 12.0. The highest BCUT2D eigenvalue weighted by atomic mass is 19.3. The molecule has 0 heterocycles. The van der Waals surface area contributed by atoms with Crippen LogP contribution in [0.5, 0.6) is 0 Å². The number of hydrogen-bond donors (Lipinski definition) is 1. The van der Waals surface area contributed by atoms with Gasteiger partial charge in [-0.1, -0.05) is 17.7 Å². The molecule has 1 aliphatic carbocycles. The van der Waals surface area contributed by atoms with Gasteiger partial charge in [-0.15, -0.1) is 0 Å². The van der Waals surface area contributed by atoms with E-state index in [1.165, 1.54) is 22.3 Å². The van der Waals surface area contributed by atoms with Crippen molar-refractivity contribution in [3.8, 4) is 0 Å². The molecule has 1 fully saturated rings. The first kappa shape index (κ1) is 14.4. The van der Waals surface area contributed by atoms with Crippen LogP contribution < -0.4 is 5.73 Å². The van der Waals surface area contributed by atoms with Gasteiger partial charge in [0.05, 0.1) is 0 Å². The molecule has 0 aromatic heterocycles. The predicted octanol–water partition coefficient (Wildman–Crippen LogP) is 4.02. The molecule has 1 aromatic rings. The number of rotatable bonds is 2. The fraction of sp³-hybridized carbons (Fsp3) is 0.625. The van der Waals surface area contributed by atoms with E-state index in [2.05, 4.69) is 32.9 Å². The molecule has 0 atom stereocenters. The summed E-state index contributed by atoms with van der Waals surface area (Å²) in [6.07, 6.45) is 0.885. The van der Waals surface area contributed by atoms with E-state index in [1.807, 2.05) is 0 Å². The zero-order chi connectivity index (χ0) is 14.3. The summed E-state index contributed by atoms with van der Waals surface area (Å²) >= 11 is 0. The van der Waals surface area contributed by atoms with E-state index >= 15 is 0 Å². The van der Waals surface area contributed by atoms with Crippen LogP contribution in [0.25, 0.3) is 0 Å². The summed E-state index contributed by atoms with van der Waals surface area (Å²) in [6, 6.07) is 4.26. The van der Waals surface area contributed by atoms with E-state index in [4.69, 9.17) is 5.73 Å². The normalized spacial score (nSPS) is 21.4. The molecule has 1 nitrogen and oxygen atoms in total. The highest BCUT2D eigenvalue weighted by molar-refractivity contribution is 5.43. The van der Waals surface area contributed by atoms with E-state index in [0.717, 1.165) is 0 Å². The molecule has 0 bridgehead atoms. The molecule has 3 heteroatoms. The van der Waals surface area contributed by atoms with Gasteiger partial charge in [0.2, 0.25) is 5.92 Å². The largest absolute Gasteiger partial charge is 0.330 e. The van der Waals surface area contributed by atoms with Crippen molar-refractivity contribution in [2.24, 2.45) is 5.73 Å². The van der Waals surface area contributed by atoms with Crippen molar-refractivity contribution in [1.29, 1.82) is 0 Å². The Morgan fingerprint density at radius 1 is 1.00 bits per heavy atom. The average molecular weight is 267 g/mol. The Bertz CT molecular complexity index is 447. The van der Waals surface area contributed by atoms with Gasteiger partial charge in [-0.3, -0.25) is 0 Å². The Kier molecular flexibility index (Phi) is 3.69. The minimum Gasteiger partial charge on any atom is -0.330 e. The molecule has 1 aromatic carbocycles. The van der Waals surface area contributed by atoms with E-state index in [-0.39, 0.29) is 18.3 Å². The number of alkyl halides is 2. The summed E-state index contributed by atoms with van der Waals surface area (Å²) in [5.74, 6) is -2.51. The van der Waals surface area contributed by atoms with Crippen LogP contribution in [0.1, 0.15) is 47.9 Å². The monoisotopic (exact) mass is 267 g/mol. The van der Waals surface area contributed by atoms with Gasteiger partial charge >= 0.3 is 0 Å². The van der Waals surface area contributed by atoms with Gasteiger partial charge in [0.15, 0.2) is 0 Å². The lowest BCUT2D eigenvalue weighted by atomic mass is 9.66. The molecule has 1 saturated carbocycles. The minimum absolute atomic E-state index is 0.0447. The van der Waals surface area contributed by atoms with Crippen LogP contribution in [0.3, 0.4) is 0 Å². The second-order valence-electron chi connectivity index (χ2n) is 6.11. The zero-order valence-electron chi connectivity index (χ0n) is 12.0. The standard InChI is InChI=1S/C16H23F2N/c1-11-8-12(2)14(13(3)9-11)15(10-19)4-6-16(17,18)7-5-15/h8-9H,4-7,10,19H2,1-3H3. The van der Waals surface area contributed by atoms with Gasteiger partial charge in [-0.05, 0) is 50.3 Å². The van der Waals surface area contributed by atoms with E-state index in [1.54, 1.807) is 0 Å². The Hall–Kier alpha value is -0.960. The molecule has 106 valence electrons. The van der Waals surface area contributed by atoms with Crippen LogP contribution in [-0.2, 0) is 5.41 Å². The lowest BCUT2D eigenvalue weighted by Crippen LogP contribution is -2.43. The van der Waals surface area contributed by atoms with Crippen LogP contribution >= 0.6 is 0 Å². The van der Waals surface area contributed by atoms with Gasteiger partial charge in [0.25, 0.3) is 0 Å². The highest BCUT2D eigenvalue weighted by Gasteiger charge is 2.44. The first-order valence-electron chi connectivity index (χ1n) is 6.96. The van der Waals surface area contributed by atoms with Crippen LogP contribution in [0.2, 0.25) is 0 Å². The fourth-order valence-corrected chi connectivity index (χ4v) is 3.67. The van der Waals surface area contributed by atoms with Crippen LogP contribution in [0, 0.1) is 20.8 Å². The third-order valence-electron chi connectivity index (χ3n) is 4.54. The third kappa shape index (κ3) is 2.66. The first-order valence-corrected chi connectivity index (χ1v) is 6.96. The van der Waals surface area contributed by atoms with Crippen molar-refractivity contribution in [3.63, 3.8) is 0 Å². The molecule has 1 aliphatic rings. The third-order valence-corrected chi connectivity index (χ3v) is 4.54. The summed E-state index contributed by atoms with van der Waals surface area (Å²) in [5.41, 5.74) is 10.5. The lowest BCUT2D eigenvalue weighted by Gasteiger charge is -2.41. The van der Waals surface area contributed by atoms with Crippen molar-refractivity contribution in [3.05, 3.63) is 34.4 Å². The maximum atomic E-state index is 13.4. The molecule has 0 saturated heterocycles. The Balaban J connectivity index is 2.43. The second kappa shape index (κ2) is 4.86. The highest BCUT2D eigenvalue weighted by Crippen LogP contribution is 2.46. The van der Waals surface area contributed by atoms with Crippen molar-refractivity contribution < 1.29 is 8.78 Å². The predicted molar refractivity (Wildman–Crippen MR) is 74.8 cm³/mol. The molecule has 0 aliphatic heterocycles. The minimum atomic E-state index is -2.51. The molecule has 19 heavy (non-hydrogen) atoms. The number of halogens is 2. The van der Waals surface area contributed by atoms with Crippen LogP contribution in [0.15, 0.2) is 12.1 Å². The molecule has 2 rings (SSSR count). The molecular weight excluding hydrogens is 244 g/mol. The van der Waals surface area contributed by atoms with Crippen molar-refractivity contribution in [2.45, 2.75) is 57.8 Å². The van der Waals surface area contributed by atoms with Crippen molar-refractivity contribution >= 4 is 0 Å². The summed E-state index contributed by atoms with van der Waals surface area (Å²) in [6.45, 7) is 6.65. The summed E-state index contributed by atoms with van der Waals surface area (Å²) in [7, 11) is 0. The Morgan fingerprint density at radius 2 is 1.47 bits per heavy atom. The Labute approximate surface area is 114 Å². The fourth-order valence-electron chi connectivity index (χ4n) is 3.67. The van der Waals surface area contributed by atoms with Crippen molar-refractivity contribution in [1.82, 2.24) is 0 Å². The van der Waals surface area contributed by atoms with Crippen LogP contribution in [0.4, 0.5) is 8.78 Å². The topological polar surface area (TPSA) is 26.0 Å². The molecule has 0 unspecified atom stereocenters. The van der Waals surface area contributed by atoms with E-state index in [0.29, 0.717) is 19.4 Å².